The van der Waals surface area contributed by atoms with E-state index >= 15 is 0 Å². The number of sulfonamides is 1. The van der Waals surface area contributed by atoms with E-state index in [1.807, 2.05) is 36.3 Å². The number of rotatable bonds is 7. The van der Waals surface area contributed by atoms with Gasteiger partial charge in [0.25, 0.3) is 27.7 Å². The predicted octanol–water partition coefficient (Wildman–Crippen LogP) is 3.41. The third-order valence-corrected chi connectivity index (χ3v) is 10.2. The molecule has 5 aromatic rings. The van der Waals surface area contributed by atoms with Gasteiger partial charge in [0.1, 0.15) is 4.90 Å². The number of nitrogens with one attached hydrogen (secondary N) is 3. The van der Waals surface area contributed by atoms with Crippen molar-refractivity contribution in [1.82, 2.24) is 39.3 Å². The van der Waals surface area contributed by atoms with E-state index in [1.165, 1.54) is 37.4 Å². The molecule has 0 spiro atoms. The number of benzene rings is 1. The fourth-order valence-corrected chi connectivity index (χ4v) is 7.15. The van der Waals surface area contributed by atoms with Gasteiger partial charge in [-0.1, -0.05) is 18.2 Å². The fourth-order valence-electron chi connectivity index (χ4n) is 5.98. The van der Waals surface area contributed by atoms with Gasteiger partial charge >= 0.3 is 0 Å². The molecule has 6 heterocycles. The molecule has 1 fully saturated rings. The Morgan fingerprint density at radius 2 is 1.80 bits per heavy atom. The Morgan fingerprint density at radius 3 is 2.51 bits per heavy atom. The molecule has 2 aliphatic rings. The number of pyridine rings is 2. The molecule has 3 amide bonds. The average molecular weight is 684 g/mol. The van der Waals surface area contributed by atoms with E-state index < -0.39 is 15.9 Å². The average Bonchev–Trinajstić information content (AvgIpc) is 3.83. The van der Waals surface area contributed by atoms with Crippen molar-refractivity contribution in [1.29, 1.82) is 0 Å². The minimum Gasteiger partial charge on any atom is -0.351 e. The van der Waals surface area contributed by atoms with Crippen LogP contribution < -0.4 is 15.4 Å². The molecule has 14 nitrogen and oxygen atoms in total. The molecule has 2 aliphatic heterocycles. The molecule has 4 aromatic heterocycles. The first-order valence-electron chi connectivity index (χ1n) is 15.8. The van der Waals surface area contributed by atoms with Crippen molar-refractivity contribution >= 4 is 38.9 Å². The van der Waals surface area contributed by atoms with E-state index in [1.54, 1.807) is 40.5 Å². The number of amides is 3. The van der Waals surface area contributed by atoms with Gasteiger partial charge in [-0.3, -0.25) is 28.9 Å². The second kappa shape index (κ2) is 13.2. The lowest BCUT2D eigenvalue weighted by molar-refractivity contribution is 0.0937. The molecular weight excluding hydrogens is 646 g/mol. The quantitative estimate of drug-likeness (QED) is 0.232. The van der Waals surface area contributed by atoms with Crippen LogP contribution in [0, 0.1) is 6.92 Å². The summed E-state index contributed by atoms with van der Waals surface area (Å²) in [6.45, 7) is 8.69. The first-order valence-corrected chi connectivity index (χ1v) is 17.2. The van der Waals surface area contributed by atoms with Crippen LogP contribution in [0.25, 0.3) is 16.6 Å². The minimum atomic E-state index is -3.55. The molecule has 49 heavy (non-hydrogen) atoms. The molecule has 1 saturated heterocycles. The fraction of sp³-hybridized carbons (Fsp3) is 0.294. The van der Waals surface area contributed by atoms with Crippen LogP contribution in [-0.4, -0.2) is 80.6 Å². The van der Waals surface area contributed by atoms with Crippen LogP contribution in [0.1, 0.15) is 63.5 Å². The predicted molar refractivity (Wildman–Crippen MR) is 183 cm³/mol. The van der Waals surface area contributed by atoms with Gasteiger partial charge in [0.05, 0.1) is 46.0 Å². The van der Waals surface area contributed by atoms with E-state index in [-0.39, 0.29) is 27.8 Å². The molecule has 1 aromatic carbocycles. The highest BCUT2D eigenvalue weighted by atomic mass is 32.2. The van der Waals surface area contributed by atoms with Gasteiger partial charge in [-0.05, 0) is 64.4 Å². The number of carbonyl (C=O) groups excluding carboxylic acids is 3. The summed E-state index contributed by atoms with van der Waals surface area (Å²) in [6, 6.07) is 11.6. The Balaban J connectivity index is 0.000000291. The maximum atomic E-state index is 13.1. The second-order valence-electron chi connectivity index (χ2n) is 12.6. The summed E-state index contributed by atoms with van der Waals surface area (Å²) < 4.78 is 27.6. The van der Waals surface area contributed by atoms with Crippen LogP contribution in [0.4, 0.5) is 5.69 Å². The zero-order valence-electron chi connectivity index (χ0n) is 27.6. The maximum Gasteiger partial charge on any atom is 0.266 e. The molecule has 3 N–H and O–H groups in total. The van der Waals surface area contributed by atoms with Crippen LogP contribution >= 0.6 is 0 Å². The van der Waals surface area contributed by atoms with Crippen LogP contribution in [0.15, 0.2) is 78.3 Å². The van der Waals surface area contributed by atoms with Crippen LogP contribution in [0.5, 0.6) is 0 Å². The highest BCUT2D eigenvalue weighted by Gasteiger charge is 2.32. The van der Waals surface area contributed by atoms with E-state index in [4.69, 9.17) is 0 Å². The molecule has 0 saturated carbocycles. The van der Waals surface area contributed by atoms with Crippen molar-refractivity contribution in [3.8, 4) is 11.1 Å². The van der Waals surface area contributed by atoms with Crippen LogP contribution in [-0.2, 0) is 17.1 Å². The Morgan fingerprint density at radius 1 is 1.00 bits per heavy atom. The Hall–Kier alpha value is -5.41. The summed E-state index contributed by atoms with van der Waals surface area (Å²) in [5, 5.41) is 14.5. The molecule has 254 valence electrons. The van der Waals surface area contributed by atoms with Gasteiger partial charge < -0.3 is 10.6 Å². The molecule has 0 bridgehead atoms. The summed E-state index contributed by atoms with van der Waals surface area (Å²) in [6.07, 6.45) is 11.0. The van der Waals surface area contributed by atoms with E-state index in [2.05, 4.69) is 44.6 Å². The lowest BCUT2D eigenvalue weighted by atomic mass is 10.0. The summed E-state index contributed by atoms with van der Waals surface area (Å²) >= 11 is 0. The number of fused-ring (bicyclic) bond motifs is 2. The van der Waals surface area contributed by atoms with Gasteiger partial charge in [0.15, 0.2) is 0 Å². The van der Waals surface area contributed by atoms with Crippen molar-refractivity contribution in [2.45, 2.75) is 44.0 Å². The summed E-state index contributed by atoms with van der Waals surface area (Å²) in [7, 11) is -1.69. The molecule has 0 aliphatic carbocycles. The van der Waals surface area contributed by atoms with Gasteiger partial charge in [-0.2, -0.15) is 10.2 Å². The standard InChI is InChI=1S/C27H32N8O2.C7H5NO3S/c1-18-23(12-20(13-29-18)25(36)28-9-11-34-10-5-8-27(34,2)3)32-26(37)22-15-31-35-17-19(6-7-24(22)35)21-14-30-33(4)16-21;9-7-5-3-1-2-4-6(5)12(10,11)8-7/h6-7,12-17H,5,8-11H2,1-4H3,(H,28,36)(H,32,37);1-4H,(H,8,9). The first-order chi connectivity index (χ1) is 23.3. The minimum absolute atomic E-state index is 0.0648. The van der Waals surface area contributed by atoms with E-state index in [0.717, 1.165) is 24.2 Å². The van der Waals surface area contributed by atoms with Gasteiger partial charge in [0.2, 0.25) is 0 Å². The Labute approximate surface area is 283 Å². The maximum absolute atomic E-state index is 13.1. The zero-order valence-corrected chi connectivity index (χ0v) is 28.4. The highest BCUT2D eigenvalue weighted by molar-refractivity contribution is 7.90. The van der Waals surface area contributed by atoms with Crippen LogP contribution in [0.2, 0.25) is 0 Å². The van der Waals surface area contributed by atoms with Crippen LogP contribution in [0.3, 0.4) is 0 Å². The zero-order chi connectivity index (χ0) is 34.9. The van der Waals surface area contributed by atoms with E-state index in [0.29, 0.717) is 34.6 Å². The third-order valence-electron chi connectivity index (χ3n) is 8.78. The Kier molecular flexibility index (Phi) is 9.05. The summed E-state index contributed by atoms with van der Waals surface area (Å²) in [5.74, 6) is -1.08. The van der Waals surface area contributed by atoms with Gasteiger partial charge in [0, 0.05) is 55.4 Å². The van der Waals surface area contributed by atoms with Crippen molar-refractivity contribution in [2.75, 3.05) is 25.0 Å². The molecule has 7 rings (SSSR count). The number of aryl methyl sites for hydroxylation is 2. The van der Waals surface area contributed by atoms with Crippen molar-refractivity contribution in [3.05, 3.63) is 95.8 Å². The summed E-state index contributed by atoms with van der Waals surface area (Å²) in [4.78, 5) is 43.7. The normalized spacial score (nSPS) is 16.0. The third kappa shape index (κ3) is 7.07. The van der Waals surface area contributed by atoms with Crippen molar-refractivity contribution in [2.24, 2.45) is 7.05 Å². The molecule has 0 unspecified atom stereocenters. The smallest absolute Gasteiger partial charge is 0.266 e. The SMILES string of the molecule is Cc1ncc(C(=O)NCCN2CCCC2(C)C)cc1NC(=O)c1cnn2cc(-c3cnn(C)c3)ccc12.O=C1NS(=O)(=O)c2ccccc21. The molecular formula is C34H37N9O5S. The number of carbonyl (C=O) groups is 3. The number of aromatic nitrogens is 5. The number of hydrogen-bond acceptors (Lipinski definition) is 9. The largest absolute Gasteiger partial charge is 0.351 e. The van der Waals surface area contributed by atoms with Crippen molar-refractivity contribution in [3.63, 3.8) is 0 Å². The summed E-state index contributed by atoms with van der Waals surface area (Å²) in [5.41, 5.74) is 4.93. The number of hydrogen-bond donors (Lipinski definition) is 3. The first kappa shape index (κ1) is 33.5. The topological polar surface area (TPSA) is 173 Å². The van der Waals surface area contributed by atoms with Crippen molar-refractivity contribution < 1.29 is 22.8 Å². The lowest BCUT2D eigenvalue weighted by Crippen LogP contribution is -2.43. The monoisotopic (exact) mass is 683 g/mol. The lowest BCUT2D eigenvalue weighted by Gasteiger charge is -2.31. The second-order valence-corrected chi connectivity index (χ2v) is 14.3. The number of anilines is 1. The Bertz CT molecular complexity index is 2190. The molecule has 15 heteroatoms. The molecule has 0 radical (unpaired) electrons. The number of nitrogens with zero attached hydrogens (tertiary/aromatic N) is 6. The number of likely N-dealkylation sites (tertiary alicyclic amines) is 1. The van der Waals surface area contributed by atoms with E-state index in [9.17, 15) is 22.8 Å². The van der Waals surface area contributed by atoms with Gasteiger partial charge in [-0.25, -0.2) is 17.7 Å². The highest BCUT2D eigenvalue weighted by Crippen LogP contribution is 2.27. The van der Waals surface area contributed by atoms with Gasteiger partial charge in [-0.15, -0.1) is 0 Å². The molecule has 0 atom stereocenters.